The zero-order chi connectivity index (χ0) is 20.6. The van der Waals surface area contributed by atoms with Gasteiger partial charge >= 0.3 is 0 Å². The van der Waals surface area contributed by atoms with Gasteiger partial charge in [-0.1, -0.05) is 18.2 Å². The summed E-state index contributed by atoms with van der Waals surface area (Å²) in [5.41, 5.74) is 1.13. The average Bonchev–Trinajstić information content (AvgIpc) is 2.99. The predicted molar refractivity (Wildman–Crippen MR) is 108 cm³/mol. The van der Waals surface area contributed by atoms with Crippen LogP contribution in [0.25, 0.3) is 0 Å². The number of hydrogen-bond acceptors (Lipinski definition) is 5. The number of nitrogens with zero attached hydrogens (tertiary/aromatic N) is 1. The Bertz CT molecular complexity index is 1180. The van der Waals surface area contributed by atoms with Gasteiger partial charge in [0.05, 0.1) is 28.8 Å². The van der Waals surface area contributed by atoms with Crippen molar-refractivity contribution >= 4 is 33.2 Å². The number of sulfonamides is 1. The lowest BCUT2D eigenvalue weighted by molar-refractivity contribution is 0.0926. The van der Waals surface area contributed by atoms with Crippen LogP contribution in [0.5, 0.6) is 5.75 Å². The first-order valence-corrected chi connectivity index (χ1v) is 10.1. The molecular formula is C21H16N2O5S. The molecule has 1 aliphatic rings. The number of carbonyl (C=O) groups is 2. The lowest BCUT2D eigenvalue weighted by Gasteiger charge is -2.15. The van der Waals surface area contributed by atoms with Crippen molar-refractivity contribution in [1.82, 2.24) is 0 Å². The number of fused-ring (bicyclic) bond motifs is 1. The Morgan fingerprint density at radius 2 is 1.45 bits per heavy atom. The molecule has 3 aromatic carbocycles. The van der Waals surface area contributed by atoms with Gasteiger partial charge in [-0.2, -0.15) is 0 Å². The van der Waals surface area contributed by atoms with Crippen molar-refractivity contribution in [2.24, 2.45) is 0 Å². The van der Waals surface area contributed by atoms with Gasteiger partial charge in [-0.05, 0) is 54.6 Å². The topological polar surface area (TPSA) is 92.8 Å². The summed E-state index contributed by atoms with van der Waals surface area (Å²) >= 11 is 0. The SMILES string of the molecule is COc1ccc(NS(=O)(=O)c2cccc(N3C(=O)c4ccccc4C3=O)c2)cc1. The predicted octanol–water partition coefficient (Wildman–Crippen LogP) is 3.30. The second-order valence-corrected chi connectivity index (χ2v) is 8.01. The minimum absolute atomic E-state index is 0.0672. The number of methoxy groups -OCH3 is 1. The summed E-state index contributed by atoms with van der Waals surface area (Å²) < 4.78 is 33.1. The Labute approximate surface area is 167 Å². The summed E-state index contributed by atoms with van der Waals surface area (Å²) in [6.07, 6.45) is 0. The highest BCUT2D eigenvalue weighted by Crippen LogP contribution is 2.30. The molecule has 3 aromatic rings. The first kappa shape index (κ1) is 18.7. The third-order valence-electron chi connectivity index (χ3n) is 4.52. The van der Waals surface area contributed by atoms with Crippen molar-refractivity contribution in [1.29, 1.82) is 0 Å². The van der Waals surface area contributed by atoms with Crippen LogP contribution in [-0.2, 0) is 10.0 Å². The van der Waals surface area contributed by atoms with Crippen LogP contribution in [0.4, 0.5) is 11.4 Å². The number of benzene rings is 3. The maximum atomic E-state index is 12.8. The summed E-state index contributed by atoms with van der Waals surface area (Å²) in [4.78, 5) is 26.2. The Morgan fingerprint density at radius 1 is 0.828 bits per heavy atom. The first-order valence-electron chi connectivity index (χ1n) is 8.65. The number of nitrogens with one attached hydrogen (secondary N) is 1. The van der Waals surface area contributed by atoms with Crippen molar-refractivity contribution in [2.75, 3.05) is 16.7 Å². The molecule has 0 saturated carbocycles. The molecule has 0 saturated heterocycles. The third kappa shape index (κ3) is 3.34. The minimum atomic E-state index is -3.93. The second kappa shape index (κ2) is 7.06. The van der Waals surface area contributed by atoms with Gasteiger partial charge in [-0.25, -0.2) is 13.3 Å². The Kier molecular flexibility index (Phi) is 4.56. The maximum absolute atomic E-state index is 12.8. The lowest BCUT2D eigenvalue weighted by Crippen LogP contribution is -2.29. The molecule has 0 atom stereocenters. The number of carbonyl (C=O) groups excluding carboxylic acids is 2. The number of anilines is 2. The molecule has 7 nitrogen and oxygen atoms in total. The minimum Gasteiger partial charge on any atom is -0.497 e. The molecule has 0 fully saturated rings. The van der Waals surface area contributed by atoms with Crippen LogP contribution in [0.15, 0.2) is 77.7 Å². The fourth-order valence-electron chi connectivity index (χ4n) is 3.09. The summed E-state index contributed by atoms with van der Waals surface area (Å²) in [5.74, 6) is -0.368. The molecular weight excluding hydrogens is 392 g/mol. The quantitative estimate of drug-likeness (QED) is 0.654. The van der Waals surface area contributed by atoms with Crippen LogP contribution in [0.1, 0.15) is 20.7 Å². The maximum Gasteiger partial charge on any atom is 0.266 e. The van der Waals surface area contributed by atoms with Crippen molar-refractivity contribution < 1.29 is 22.7 Å². The zero-order valence-electron chi connectivity index (χ0n) is 15.3. The smallest absolute Gasteiger partial charge is 0.266 e. The Balaban J connectivity index is 1.65. The summed E-state index contributed by atoms with van der Waals surface area (Å²) in [6.45, 7) is 0. The second-order valence-electron chi connectivity index (χ2n) is 6.32. The standard InChI is InChI=1S/C21H16N2O5S/c1-28-16-11-9-14(10-12-16)22-29(26,27)17-6-4-5-15(13-17)23-20(24)18-7-2-3-8-19(18)21(23)25/h2-13,22H,1H3. The van der Waals surface area contributed by atoms with Crippen molar-refractivity contribution in [3.63, 3.8) is 0 Å². The van der Waals surface area contributed by atoms with E-state index in [0.717, 1.165) is 4.90 Å². The first-order chi connectivity index (χ1) is 13.9. The van der Waals surface area contributed by atoms with E-state index in [4.69, 9.17) is 4.74 Å². The summed E-state index contributed by atoms with van der Waals surface area (Å²) in [5, 5.41) is 0. The van der Waals surface area contributed by atoms with Crippen LogP contribution in [0.2, 0.25) is 0 Å². The van der Waals surface area contributed by atoms with Gasteiger partial charge in [0, 0.05) is 5.69 Å². The molecule has 1 aliphatic heterocycles. The van der Waals surface area contributed by atoms with Crippen molar-refractivity contribution in [3.05, 3.63) is 83.9 Å². The molecule has 1 N–H and O–H groups in total. The van der Waals surface area contributed by atoms with Gasteiger partial charge in [-0.15, -0.1) is 0 Å². The number of imide groups is 1. The van der Waals surface area contributed by atoms with Gasteiger partial charge in [-0.3, -0.25) is 14.3 Å². The highest BCUT2D eigenvalue weighted by Gasteiger charge is 2.36. The van der Waals surface area contributed by atoms with Crippen molar-refractivity contribution in [2.45, 2.75) is 4.90 Å². The molecule has 0 aromatic heterocycles. The molecule has 0 spiro atoms. The fourth-order valence-corrected chi connectivity index (χ4v) is 4.18. The van der Waals surface area contributed by atoms with E-state index in [0.29, 0.717) is 22.6 Å². The van der Waals surface area contributed by atoms with Gasteiger partial charge in [0.15, 0.2) is 0 Å². The van der Waals surface area contributed by atoms with E-state index >= 15 is 0 Å². The molecule has 2 amide bonds. The Hall–Kier alpha value is -3.65. The molecule has 146 valence electrons. The molecule has 0 unspecified atom stereocenters. The number of hydrogen-bond donors (Lipinski definition) is 1. The van der Waals surface area contributed by atoms with Crippen LogP contribution >= 0.6 is 0 Å². The third-order valence-corrected chi connectivity index (χ3v) is 5.90. The van der Waals surface area contributed by atoms with Gasteiger partial charge in [0.1, 0.15) is 5.75 Å². The highest BCUT2D eigenvalue weighted by atomic mass is 32.2. The largest absolute Gasteiger partial charge is 0.497 e. The van der Waals surface area contributed by atoms with Gasteiger partial charge in [0.25, 0.3) is 21.8 Å². The number of ether oxygens (including phenoxy) is 1. The van der Waals surface area contributed by atoms with E-state index < -0.39 is 21.8 Å². The highest BCUT2D eigenvalue weighted by molar-refractivity contribution is 7.92. The van der Waals surface area contributed by atoms with Gasteiger partial charge in [0.2, 0.25) is 0 Å². The van der Waals surface area contributed by atoms with E-state index in [-0.39, 0.29) is 10.6 Å². The monoisotopic (exact) mass is 408 g/mol. The molecule has 4 rings (SSSR count). The molecule has 0 aliphatic carbocycles. The van der Waals surface area contributed by atoms with Crippen LogP contribution in [0.3, 0.4) is 0 Å². The van der Waals surface area contributed by atoms with E-state index in [1.165, 1.54) is 31.4 Å². The van der Waals surface area contributed by atoms with Crippen molar-refractivity contribution in [3.8, 4) is 5.75 Å². The average molecular weight is 408 g/mol. The van der Waals surface area contributed by atoms with E-state index in [1.807, 2.05) is 0 Å². The summed E-state index contributed by atoms with van der Waals surface area (Å²) in [7, 11) is -2.41. The lowest BCUT2D eigenvalue weighted by atomic mass is 10.1. The number of rotatable bonds is 5. The zero-order valence-corrected chi connectivity index (χ0v) is 16.1. The molecule has 1 heterocycles. The normalized spacial score (nSPS) is 13.3. The molecule has 8 heteroatoms. The van der Waals surface area contributed by atoms with E-state index in [2.05, 4.69) is 4.72 Å². The van der Waals surface area contributed by atoms with E-state index in [1.54, 1.807) is 48.5 Å². The Morgan fingerprint density at radius 3 is 2.03 bits per heavy atom. The van der Waals surface area contributed by atoms with Crippen LogP contribution in [0, 0.1) is 0 Å². The summed E-state index contributed by atoms with van der Waals surface area (Å²) in [6, 6.07) is 18.6. The van der Waals surface area contributed by atoms with Crippen LogP contribution < -0.4 is 14.4 Å². The van der Waals surface area contributed by atoms with Gasteiger partial charge < -0.3 is 4.74 Å². The van der Waals surface area contributed by atoms with Crippen LogP contribution in [-0.4, -0.2) is 27.3 Å². The fraction of sp³-hybridized carbons (Fsp3) is 0.0476. The molecule has 29 heavy (non-hydrogen) atoms. The number of amides is 2. The molecule has 0 bridgehead atoms. The van der Waals surface area contributed by atoms with E-state index in [9.17, 15) is 18.0 Å². The molecule has 0 radical (unpaired) electrons.